The summed E-state index contributed by atoms with van der Waals surface area (Å²) in [5.74, 6) is -0.832. The van der Waals surface area contributed by atoms with E-state index in [0.717, 1.165) is 29.5 Å². The number of carboxylic acids is 1. The molecule has 0 aliphatic heterocycles. The Hall–Kier alpha value is -2.13. The first-order valence-corrected chi connectivity index (χ1v) is 7.26. The number of benzene rings is 2. The van der Waals surface area contributed by atoms with Crippen LogP contribution in [0.1, 0.15) is 25.3 Å². The van der Waals surface area contributed by atoms with Crippen molar-refractivity contribution in [2.75, 3.05) is 0 Å². The van der Waals surface area contributed by atoms with Gasteiger partial charge in [-0.05, 0) is 36.5 Å². The van der Waals surface area contributed by atoms with E-state index < -0.39 is 11.5 Å². The maximum atomic E-state index is 11.7. The Balaban J connectivity index is 1.90. The van der Waals surface area contributed by atoms with Crippen LogP contribution in [0.2, 0.25) is 0 Å². The maximum Gasteiger partial charge on any atom is 0.328 e. The molecule has 0 spiro atoms. The first-order valence-electron chi connectivity index (χ1n) is 7.26. The van der Waals surface area contributed by atoms with Gasteiger partial charge in [0.25, 0.3) is 0 Å². The molecule has 1 fully saturated rings. The van der Waals surface area contributed by atoms with Crippen molar-refractivity contribution in [3.63, 3.8) is 0 Å². The van der Waals surface area contributed by atoms with E-state index in [1.54, 1.807) is 6.92 Å². The molecule has 0 saturated heterocycles. The van der Waals surface area contributed by atoms with Crippen molar-refractivity contribution in [3.05, 3.63) is 60.2 Å². The van der Waals surface area contributed by atoms with Gasteiger partial charge in [-0.1, -0.05) is 54.6 Å². The van der Waals surface area contributed by atoms with Gasteiger partial charge in [-0.2, -0.15) is 0 Å². The van der Waals surface area contributed by atoms with E-state index in [-0.39, 0.29) is 0 Å². The first kappa shape index (κ1) is 13.8. The number of aliphatic carboxylic acids is 1. The molecular weight excluding hydrogens is 262 g/mol. The van der Waals surface area contributed by atoms with E-state index >= 15 is 0 Å². The third-order valence-corrected chi connectivity index (χ3v) is 4.07. The maximum absolute atomic E-state index is 11.7. The molecule has 1 aliphatic carbocycles. The van der Waals surface area contributed by atoms with E-state index in [2.05, 4.69) is 5.32 Å². The van der Waals surface area contributed by atoms with E-state index in [0.29, 0.717) is 6.04 Å². The van der Waals surface area contributed by atoms with Crippen molar-refractivity contribution >= 4 is 5.97 Å². The Labute approximate surface area is 124 Å². The number of hydrogen-bond donors (Lipinski definition) is 2. The van der Waals surface area contributed by atoms with Crippen LogP contribution in [0.4, 0.5) is 0 Å². The third kappa shape index (κ3) is 2.83. The summed E-state index contributed by atoms with van der Waals surface area (Å²) in [7, 11) is 0. The van der Waals surface area contributed by atoms with Crippen LogP contribution in [0.3, 0.4) is 0 Å². The minimum absolute atomic E-state index is 0.333. The molecule has 0 aromatic heterocycles. The first-order chi connectivity index (χ1) is 10.1. The lowest BCUT2D eigenvalue weighted by molar-refractivity contribution is -0.144. The van der Waals surface area contributed by atoms with Crippen LogP contribution in [-0.4, -0.2) is 17.1 Å². The van der Waals surface area contributed by atoms with Crippen LogP contribution in [0, 0.1) is 0 Å². The van der Waals surface area contributed by atoms with Gasteiger partial charge in [0.1, 0.15) is 5.54 Å². The smallest absolute Gasteiger partial charge is 0.328 e. The number of rotatable bonds is 5. The second-order valence-corrected chi connectivity index (χ2v) is 5.79. The lowest BCUT2D eigenvalue weighted by Gasteiger charge is -2.27. The fourth-order valence-electron chi connectivity index (χ4n) is 2.53. The zero-order valence-corrected chi connectivity index (χ0v) is 12.0. The molecule has 21 heavy (non-hydrogen) atoms. The largest absolute Gasteiger partial charge is 0.480 e. The molecule has 0 heterocycles. The SMILES string of the molecule is CC(NC1CC1)(C(=O)O)c1ccc(-c2ccccc2)cc1. The molecule has 2 aromatic carbocycles. The highest BCUT2D eigenvalue weighted by Gasteiger charge is 2.39. The molecule has 2 N–H and O–H groups in total. The van der Waals surface area contributed by atoms with Crippen LogP contribution in [-0.2, 0) is 10.3 Å². The third-order valence-electron chi connectivity index (χ3n) is 4.07. The van der Waals surface area contributed by atoms with Gasteiger partial charge in [-0.15, -0.1) is 0 Å². The van der Waals surface area contributed by atoms with E-state index in [9.17, 15) is 9.90 Å². The molecule has 108 valence electrons. The normalized spacial score (nSPS) is 17.2. The summed E-state index contributed by atoms with van der Waals surface area (Å²) >= 11 is 0. The molecule has 1 saturated carbocycles. The topological polar surface area (TPSA) is 49.3 Å². The Morgan fingerprint density at radius 1 is 1.05 bits per heavy atom. The van der Waals surface area contributed by atoms with Crippen LogP contribution >= 0.6 is 0 Å². The minimum Gasteiger partial charge on any atom is -0.480 e. The van der Waals surface area contributed by atoms with Crippen molar-refractivity contribution in [1.29, 1.82) is 0 Å². The monoisotopic (exact) mass is 281 g/mol. The average Bonchev–Trinajstić information content (AvgIpc) is 3.32. The quantitative estimate of drug-likeness (QED) is 0.883. The molecule has 1 unspecified atom stereocenters. The highest BCUT2D eigenvalue weighted by Crippen LogP contribution is 2.30. The molecule has 2 aromatic rings. The number of nitrogens with one attached hydrogen (secondary N) is 1. The van der Waals surface area contributed by atoms with Crippen molar-refractivity contribution < 1.29 is 9.90 Å². The molecule has 3 nitrogen and oxygen atoms in total. The summed E-state index contributed by atoms with van der Waals surface area (Å²) in [5, 5.41) is 12.8. The van der Waals surface area contributed by atoms with Gasteiger partial charge >= 0.3 is 5.97 Å². The van der Waals surface area contributed by atoms with Crippen molar-refractivity contribution in [2.45, 2.75) is 31.3 Å². The van der Waals surface area contributed by atoms with Gasteiger partial charge in [0.05, 0.1) is 0 Å². The standard InChI is InChI=1S/C18H19NO2/c1-18(17(20)21,19-16-11-12-16)15-9-7-14(8-10-15)13-5-3-2-4-6-13/h2-10,16,19H,11-12H2,1H3,(H,20,21). The Bertz CT molecular complexity index is 632. The lowest BCUT2D eigenvalue weighted by atomic mass is 9.90. The van der Waals surface area contributed by atoms with Gasteiger partial charge in [0.15, 0.2) is 0 Å². The number of carboxylic acid groups (broad SMARTS) is 1. The lowest BCUT2D eigenvalue weighted by Crippen LogP contribution is -2.47. The van der Waals surface area contributed by atoms with E-state index in [4.69, 9.17) is 0 Å². The minimum atomic E-state index is -1.02. The summed E-state index contributed by atoms with van der Waals surface area (Å²) in [6, 6.07) is 18.2. The van der Waals surface area contributed by atoms with Crippen LogP contribution in [0.5, 0.6) is 0 Å². The van der Waals surface area contributed by atoms with Crippen LogP contribution in [0.25, 0.3) is 11.1 Å². The Kier molecular flexibility index (Phi) is 3.52. The second-order valence-electron chi connectivity index (χ2n) is 5.79. The predicted molar refractivity (Wildman–Crippen MR) is 83.0 cm³/mol. The van der Waals surface area contributed by atoms with Gasteiger partial charge in [-0.25, -0.2) is 4.79 Å². The summed E-state index contributed by atoms with van der Waals surface area (Å²) in [5.41, 5.74) is 2.01. The summed E-state index contributed by atoms with van der Waals surface area (Å²) < 4.78 is 0. The molecule has 3 heteroatoms. The predicted octanol–water partition coefficient (Wildman–Crippen LogP) is 3.41. The van der Waals surface area contributed by atoms with E-state index in [1.807, 2.05) is 54.6 Å². The zero-order chi connectivity index (χ0) is 14.9. The molecule has 0 amide bonds. The van der Waals surface area contributed by atoms with Gasteiger partial charge in [-0.3, -0.25) is 5.32 Å². The molecule has 1 aliphatic rings. The number of hydrogen-bond acceptors (Lipinski definition) is 2. The summed E-state index contributed by atoms with van der Waals surface area (Å²) in [6.07, 6.45) is 2.12. The Morgan fingerprint density at radius 2 is 1.62 bits per heavy atom. The zero-order valence-electron chi connectivity index (χ0n) is 12.0. The van der Waals surface area contributed by atoms with Crippen molar-refractivity contribution in [1.82, 2.24) is 5.32 Å². The summed E-state index contributed by atoms with van der Waals surface area (Å²) in [6.45, 7) is 1.74. The fourth-order valence-corrected chi connectivity index (χ4v) is 2.53. The van der Waals surface area contributed by atoms with E-state index in [1.165, 1.54) is 0 Å². The molecular formula is C18H19NO2. The number of carbonyl (C=O) groups is 1. The van der Waals surface area contributed by atoms with Crippen molar-refractivity contribution in [3.8, 4) is 11.1 Å². The average molecular weight is 281 g/mol. The van der Waals surface area contributed by atoms with Crippen molar-refractivity contribution in [2.24, 2.45) is 0 Å². The highest BCUT2D eigenvalue weighted by atomic mass is 16.4. The van der Waals surface area contributed by atoms with Gasteiger partial charge in [0.2, 0.25) is 0 Å². The fraction of sp³-hybridized carbons (Fsp3) is 0.278. The second kappa shape index (κ2) is 5.34. The highest BCUT2D eigenvalue weighted by molar-refractivity contribution is 5.80. The molecule has 3 rings (SSSR count). The molecule has 1 atom stereocenters. The molecule has 0 bridgehead atoms. The van der Waals surface area contributed by atoms with Gasteiger partial charge < -0.3 is 5.11 Å². The van der Waals surface area contributed by atoms with Gasteiger partial charge in [0, 0.05) is 6.04 Å². The summed E-state index contributed by atoms with van der Waals surface area (Å²) in [4.78, 5) is 11.7. The molecule has 0 radical (unpaired) electrons. The van der Waals surface area contributed by atoms with Crippen LogP contribution in [0.15, 0.2) is 54.6 Å². The Morgan fingerprint density at radius 3 is 2.14 bits per heavy atom. The van der Waals surface area contributed by atoms with Crippen LogP contribution < -0.4 is 5.32 Å².